The van der Waals surface area contributed by atoms with Crippen molar-refractivity contribution in [3.05, 3.63) is 83.9 Å². The van der Waals surface area contributed by atoms with Crippen LogP contribution < -0.4 is 19.4 Å². The molecule has 4 rings (SSSR count). The molecule has 3 aromatic carbocycles. The van der Waals surface area contributed by atoms with Gasteiger partial charge in [-0.1, -0.05) is 24.3 Å². The molecule has 1 heterocycles. The van der Waals surface area contributed by atoms with Crippen LogP contribution in [0.25, 0.3) is 0 Å². The van der Waals surface area contributed by atoms with Gasteiger partial charge in [-0.3, -0.25) is 0 Å². The third kappa shape index (κ3) is 3.91. The lowest BCUT2D eigenvalue weighted by atomic mass is 10.2. The quantitative estimate of drug-likeness (QED) is 0.639. The largest absolute Gasteiger partial charge is 0.497 e. The smallest absolute Gasteiger partial charge is 0.119 e. The third-order valence-corrected chi connectivity index (χ3v) is 5.20. The first-order valence-corrected chi connectivity index (χ1v) is 9.64. The van der Waals surface area contributed by atoms with Gasteiger partial charge >= 0.3 is 0 Å². The highest BCUT2D eigenvalue weighted by Crippen LogP contribution is 2.28. The highest BCUT2D eigenvalue weighted by Gasteiger charge is 2.24. The highest BCUT2D eigenvalue weighted by molar-refractivity contribution is 5.60. The minimum absolute atomic E-state index is 0.845. The molecule has 3 aromatic rings. The van der Waals surface area contributed by atoms with Crippen LogP contribution in [0.15, 0.2) is 72.8 Å². The minimum atomic E-state index is 0.845. The van der Waals surface area contributed by atoms with Crippen molar-refractivity contribution in [2.24, 2.45) is 0 Å². The molecule has 0 bridgehead atoms. The fourth-order valence-electron chi connectivity index (χ4n) is 3.68. The lowest BCUT2D eigenvalue weighted by Gasteiger charge is -2.45. The number of rotatable bonds is 4. The first-order valence-electron chi connectivity index (χ1n) is 9.64. The maximum absolute atomic E-state index is 5.32. The molecule has 0 amide bonds. The molecule has 0 spiro atoms. The fraction of sp³-hybridized carbons (Fsp3) is 0.250. The second kappa shape index (κ2) is 7.85. The lowest BCUT2D eigenvalue weighted by molar-refractivity contribution is 0.415. The maximum atomic E-state index is 5.32. The number of methoxy groups -OCH3 is 1. The molecule has 1 saturated heterocycles. The van der Waals surface area contributed by atoms with Gasteiger partial charge in [0.05, 0.1) is 27.1 Å². The van der Waals surface area contributed by atoms with Crippen LogP contribution in [0.2, 0.25) is 0 Å². The number of benzene rings is 3. The van der Waals surface area contributed by atoms with Crippen molar-refractivity contribution >= 4 is 17.1 Å². The van der Waals surface area contributed by atoms with Crippen LogP contribution in [-0.2, 0) is 0 Å². The van der Waals surface area contributed by atoms with Gasteiger partial charge in [-0.25, -0.2) is 0 Å². The van der Waals surface area contributed by atoms with E-state index in [4.69, 9.17) is 4.74 Å². The zero-order valence-corrected chi connectivity index (χ0v) is 16.8. The van der Waals surface area contributed by atoms with E-state index in [0.29, 0.717) is 0 Å². The van der Waals surface area contributed by atoms with E-state index < -0.39 is 0 Å². The van der Waals surface area contributed by atoms with Gasteiger partial charge in [0.15, 0.2) is 0 Å². The topological polar surface area (TPSA) is 19.0 Å². The molecule has 144 valence electrons. The molecular formula is C24H27N3O. The Bertz CT molecular complexity index is 885. The van der Waals surface area contributed by atoms with E-state index in [1.54, 1.807) is 7.11 Å². The molecule has 0 N–H and O–H groups in total. The zero-order chi connectivity index (χ0) is 19.5. The van der Waals surface area contributed by atoms with Crippen LogP contribution >= 0.6 is 0 Å². The van der Waals surface area contributed by atoms with Gasteiger partial charge in [0, 0.05) is 17.1 Å². The van der Waals surface area contributed by atoms with Crippen LogP contribution in [-0.4, -0.2) is 27.1 Å². The van der Waals surface area contributed by atoms with Crippen LogP contribution in [0.4, 0.5) is 17.1 Å². The summed E-state index contributed by atoms with van der Waals surface area (Å²) < 4.78 is 5.32. The second-order valence-corrected chi connectivity index (χ2v) is 7.42. The molecule has 0 radical (unpaired) electrons. The predicted molar refractivity (Wildman–Crippen MR) is 117 cm³/mol. The highest BCUT2D eigenvalue weighted by atomic mass is 16.5. The van der Waals surface area contributed by atoms with Gasteiger partial charge in [0.1, 0.15) is 5.75 Å². The number of hydrogen-bond donors (Lipinski definition) is 0. The number of aryl methyl sites for hydroxylation is 2. The SMILES string of the molecule is COc1ccc(N2CN(c3cccc(C)c3)CN(c3cccc(C)c3)C2)cc1. The van der Waals surface area contributed by atoms with E-state index in [1.807, 2.05) is 12.1 Å². The van der Waals surface area contributed by atoms with Gasteiger partial charge < -0.3 is 19.4 Å². The maximum Gasteiger partial charge on any atom is 0.119 e. The van der Waals surface area contributed by atoms with E-state index >= 15 is 0 Å². The van der Waals surface area contributed by atoms with Crippen molar-refractivity contribution in [2.75, 3.05) is 41.8 Å². The number of anilines is 3. The summed E-state index contributed by atoms with van der Waals surface area (Å²) in [5, 5.41) is 0. The van der Waals surface area contributed by atoms with Crippen molar-refractivity contribution in [2.45, 2.75) is 13.8 Å². The molecule has 1 aliphatic rings. The summed E-state index contributed by atoms with van der Waals surface area (Å²) in [5.74, 6) is 0.881. The number of nitrogens with zero attached hydrogens (tertiary/aromatic N) is 3. The molecule has 0 aromatic heterocycles. The molecule has 1 aliphatic heterocycles. The monoisotopic (exact) mass is 373 g/mol. The Morgan fingerprint density at radius 1 is 0.607 bits per heavy atom. The predicted octanol–water partition coefficient (Wildman–Crippen LogP) is 5.02. The Kier molecular flexibility index (Phi) is 5.11. The lowest BCUT2D eigenvalue weighted by Crippen LogP contribution is -2.55. The molecule has 1 fully saturated rings. The summed E-state index contributed by atoms with van der Waals surface area (Å²) in [7, 11) is 1.70. The van der Waals surface area contributed by atoms with Crippen molar-refractivity contribution in [1.29, 1.82) is 0 Å². The second-order valence-electron chi connectivity index (χ2n) is 7.42. The van der Waals surface area contributed by atoms with Crippen molar-refractivity contribution in [1.82, 2.24) is 0 Å². The molecule has 0 unspecified atom stereocenters. The molecule has 4 nitrogen and oxygen atoms in total. The van der Waals surface area contributed by atoms with Crippen LogP contribution in [0.3, 0.4) is 0 Å². The summed E-state index contributed by atoms with van der Waals surface area (Å²) in [5.41, 5.74) is 6.24. The molecule has 0 saturated carbocycles. The molecule has 4 heteroatoms. The fourth-order valence-corrected chi connectivity index (χ4v) is 3.68. The number of ether oxygens (including phenoxy) is 1. The van der Waals surface area contributed by atoms with Gasteiger partial charge in [-0.05, 0) is 73.5 Å². The molecular weight excluding hydrogens is 346 g/mol. The zero-order valence-electron chi connectivity index (χ0n) is 16.8. The summed E-state index contributed by atoms with van der Waals surface area (Å²) in [6, 6.07) is 25.8. The van der Waals surface area contributed by atoms with Crippen molar-refractivity contribution in [3.63, 3.8) is 0 Å². The first-order chi connectivity index (χ1) is 13.6. The number of hydrogen-bond acceptors (Lipinski definition) is 4. The third-order valence-electron chi connectivity index (χ3n) is 5.20. The van der Waals surface area contributed by atoms with Crippen LogP contribution in [0.1, 0.15) is 11.1 Å². The first kappa shape index (κ1) is 18.2. The average molecular weight is 374 g/mol. The van der Waals surface area contributed by atoms with E-state index in [-0.39, 0.29) is 0 Å². The van der Waals surface area contributed by atoms with E-state index in [1.165, 1.54) is 28.2 Å². The molecule has 0 atom stereocenters. The average Bonchev–Trinajstić information content (AvgIpc) is 2.73. The molecule has 28 heavy (non-hydrogen) atoms. The van der Waals surface area contributed by atoms with Crippen molar-refractivity contribution in [3.8, 4) is 5.75 Å². The molecule has 0 aliphatic carbocycles. The standard InChI is InChI=1S/C24H27N3O/c1-19-6-4-8-22(14-19)26-16-25(21-10-12-24(28-3)13-11-21)17-27(18-26)23-9-5-7-20(2)15-23/h4-15H,16-18H2,1-3H3. The van der Waals surface area contributed by atoms with Crippen molar-refractivity contribution < 1.29 is 4.74 Å². The van der Waals surface area contributed by atoms with Crippen LogP contribution in [0, 0.1) is 13.8 Å². The normalized spacial score (nSPS) is 14.3. The Balaban J connectivity index is 1.67. The van der Waals surface area contributed by atoms with E-state index in [9.17, 15) is 0 Å². The summed E-state index contributed by atoms with van der Waals surface area (Å²) in [6.07, 6.45) is 0. The summed E-state index contributed by atoms with van der Waals surface area (Å²) >= 11 is 0. The van der Waals surface area contributed by atoms with Crippen LogP contribution in [0.5, 0.6) is 5.75 Å². The summed E-state index contributed by atoms with van der Waals surface area (Å²) in [4.78, 5) is 7.24. The van der Waals surface area contributed by atoms with Gasteiger partial charge in [0.25, 0.3) is 0 Å². The van der Waals surface area contributed by atoms with Gasteiger partial charge in [0.2, 0.25) is 0 Å². The Morgan fingerprint density at radius 2 is 1.07 bits per heavy atom. The van der Waals surface area contributed by atoms with E-state index in [2.05, 4.69) is 89.2 Å². The Hall–Kier alpha value is -3.14. The summed E-state index contributed by atoms with van der Waals surface area (Å²) in [6.45, 7) is 6.84. The van der Waals surface area contributed by atoms with E-state index in [0.717, 1.165) is 25.8 Å². The van der Waals surface area contributed by atoms with Gasteiger partial charge in [-0.2, -0.15) is 0 Å². The minimum Gasteiger partial charge on any atom is -0.497 e. The van der Waals surface area contributed by atoms with Gasteiger partial charge in [-0.15, -0.1) is 0 Å². The Labute approximate surface area is 167 Å². The Morgan fingerprint density at radius 3 is 1.50 bits per heavy atom.